The third-order valence-electron chi connectivity index (χ3n) is 1.63. The van der Waals surface area contributed by atoms with Crippen molar-refractivity contribution in [3.05, 3.63) is 30.3 Å². The van der Waals surface area contributed by atoms with E-state index in [-0.39, 0.29) is 4.90 Å². The van der Waals surface area contributed by atoms with Gasteiger partial charge in [0.05, 0.1) is 4.90 Å². The zero-order chi connectivity index (χ0) is 13.1. The van der Waals surface area contributed by atoms with E-state index in [4.69, 9.17) is 0 Å². The van der Waals surface area contributed by atoms with E-state index in [1.54, 1.807) is 6.07 Å². The van der Waals surface area contributed by atoms with E-state index < -0.39 is 22.0 Å². The van der Waals surface area contributed by atoms with Crippen molar-refractivity contribution in [2.45, 2.75) is 11.1 Å². The lowest BCUT2D eigenvalue weighted by Crippen LogP contribution is -2.34. The lowest BCUT2D eigenvalue weighted by Gasteiger charge is -2.06. The fraction of sp³-hybridized carbons (Fsp3) is 0.125. The number of alkyl halides is 3. The molecule has 3 N–H and O–H groups in total. The Hall–Kier alpha value is -1.77. The van der Waals surface area contributed by atoms with Gasteiger partial charge in [0.2, 0.25) is 5.84 Å². The summed E-state index contributed by atoms with van der Waals surface area (Å²) < 4.78 is 58.7. The summed E-state index contributed by atoms with van der Waals surface area (Å²) >= 11 is 0. The molecule has 1 aromatic rings. The zero-order valence-electron chi connectivity index (χ0n) is 8.27. The smallest absolute Gasteiger partial charge is 0.378 e. The highest BCUT2D eigenvalue weighted by Crippen LogP contribution is 2.14. The van der Waals surface area contributed by atoms with Crippen LogP contribution in [0.4, 0.5) is 13.2 Å². The fourth-order valence-corrected chi connectivity index (χ4v) is 1.66. The quantitative estimate of drug-likeness (QED) is 0.482. The molecule has 0 amide bonds. The molecule has 0 aliphatic rings. The van der Waals surface area contributed by atoms with Crippen LogP contribution in [0.25, 0.3) is 0 Å². The molecule has 0 spiro atoms. The van der Waals surface area contributed by atoms with Crippen molar-refractivity contribution in [2.24, 2.45) is 10.8 Å². The molecule has 0 aromatic heterocycles. The van der Waals surface area contributed by atoms with E-state index >= 15 is 0 Å². The van der Waals surface area contributed by atoms with Gasteiger partial charge in [-0.15, -0.1) is 5.10 Å². The molecule has 94 valence electrons. The number of hydrazone groups is 1. The van der Waals surface area contributed by atoms with Crippen molar-refractivity contribution in [1.29, 1.82) is 0 Å². The zero-order valence-corrected chi connectivity index (χ0v) is 9.09. The summed E-state index contributed by atoms with van der Waals surface area (Å²) in [7, 11) is -4.13. The maximum Gasteiger partial charge on any atom is 0.450 e. The van der Waals surface area contributed by atoms with Gasteiger partial charge in [0.25, 0.3) is 10.0 Å². The molecule has 0 aliphatic heterocycles. The number of benzene rings is 1. The molecule has 17 heavy (non-hydrogen) atoms. The van der Waals surface area contributed by atoms with Crippen LogP contribution in [-0.4, -0.2) is 20.4 Å². The molecule has 0 saturated carbocycles. The molecule has 1 rings (SSSR count). The fourth-order valence-electron chi connectivity index (χ4n) is 0.825. The molecule has 0 fully saturated rings. The monoisotopic (exact) mass is 267 g/mol. The standard InChI is InChI=1S/C8H8F3N3O2S/c9-8(10,11)7(12)13-14-17(15,16)6-4-2-1-3-5-6/h1-5,14H,(H2,12,13). The van der Waals surface area contributed by atoms with Crippen LogP contribution in [0.2, 0.25) is 0 Å². The SMILES string of the molecule is N/C(=N\NS(=O)(=O)c1ccccc1)C(F)(F)F. The van der Waals surface area contributed by atoms with Crippen molar-refractivity contribution < 1.29 is 21.6 Å². The van der Waals surface area contributed by atoms with E-state index in [1.165, 1.54) is 29.1 Å². The van der Waals surface area contributed by atoms with Crippen LogP contribution in [0.3, 0.4) is 0 Å². The number of nitrogens with two attached hydrogens (primary N) is 1. The van der Waals surface area contributed by atoms with Crippen LogP contribution in [-0.2, 0) is 10.0 Å². The van der Waals surface area contributed by atoms with Gasteiger partial charge in [-0.1, -0.05) is 18.2 Å². The van der Waals surface area contributed by atoms with E-state index in [1.807, 2.05) is 0 Å². The Morgan fingerprint density at radius 2 is 1.76 bits per heavy atom. The first-order valence-corrected chi connectivity index (χ1v) is 5.69. The molecule has 9 heteroatoms. The van der Waals surface area contributed by atoms with Gasteiger partial charge in [-0.2, -0.15) is 26.4 Å². The Morgan fingerprint density at radius 1 is 1.24 bits per heavy atom. The number of nitrogens with zero attached hydrogens (tertiary/aromatic N) is 1. The van der Waals surface area contributed by atoms with Gasteiger partial charge >= 0.3 is 6.18 Å². The predicted octanol–water partition coefficient (Wildman–Crippen LogP) is 0.799. The average Bonchev–Trinajstić information content (AvgIpc) is 2.26. The Bertz CT molecular complexity index is 511. The van der Waals surface area contributed by atoms with Gasteiger partial charge in [0.1, 0.15) is 0 Å². The summed E-state index contributed by atoms with van der Waals surface area (Å²) in [5, 5.41) is 2.57. The second-order valence-corrected chi connectivity index (χ2v) is 4.56. The first-order chi connectivity index (χ1) is 7.73. The number of nitrogens with one attached hydrogen (secondary N) is 1. The summed E-state index contributed by atoms with van der Waals surface area (Å²) in [4.78, 5) is 1.19. The maximum atomic E-state index is 11.9. The Labute approximate surface area is 95.2 Å². The summed E-state index contributed by atoms with van der Waals surface area (Å²) in [6.07, 6.45) is -4.88. The first-order valence-electron chi connectivity index (χ1n) is 4.21. The van der Waals surface area contributed by atoms with Crippen LogP contribution in [0.15, 0.2) is 40.3 Å². The number of rotatable bonds is 3. The number of halogens is 3. The van der Waals surface area contributed by atoms with E-state index in [0.29, 0.717) is 0 Å². The molecule has 1 aromatic carbocycles. The lowest BCUT2D eigenvalue weighted by atomic mass is 10.4. The van der Waals surface area contributed by atoms with Crippen LogP contribution in [0.1, 0.15) is 0 Å². The summed E-state index contributed by atoms with van der Waals surface area (Å²) in [6, 6.07) is 6.83. The van der Waals surface area contributed by atoms with Crippen LogP contribution in [0.5, 0.6) is 0 Å². The van der Waals surface area contributed by atoms with Crippen LogP contribution < -0.4 is 10.6 Å². The van der Waals surface area contributed by atoms with E-state index in [0.717, 1.165) is 0 Å². The molecule has 5 nitrogen and oxygen atoms in total. The Balaban J connectivity index is 2.90. The summed E-state index contributed by atoms with van der Waals surface area (Å²) in [6.45, 7) is 0. The van der Waals surface area contributed by atoms with Crippen molar-refractivity contribution in [3.8, 4) is 0 Å². The van der Waals surface area contributed by atoms with Crippen molar-refractivity contribution in [3.63, 3.8) is 0 Å². The molecule has 0 bridgehead atoms. The molecule has 0 aliphatic carbocycles. The normalized spacial score (nSPS) is 13.5. The van der Waals surface area contributed by atoms with Crippen molar-refractivity contribution in [1.82, 2.24) is 4.83 Å². The number of hydrogen-bond donors (Lipinski definition) is 2. The molecular formula is C8H8F3N3O2S. The largest absolute Gasteiger partial charge is 0.450 e. The molecule has 0 atom stereocenters. The minimum atomic E-state index is -4.88. The maximum absolute atomic E-state index is 11.9. The first kappa shape index (κ1) is 13.3. The number of amidine groups is 1. The average molecular weight is 267 g/mol. The second-order valence-electron chi connectivity index (χ2n) is 2.90. The van der Waals surface area contributed by atoms with E-state index in [9.17, 15) is 21.6 Å². The van der Waals surface area contributed by atoms with Crippen LogP contribution >= 0.6 is 0 Å². The van der Waals surface area contributed by atoms with Gasteiger partial charge in [0.15, 0.2) is 0 Å². The second kappa shape index (κ2) is 4.62. The predicted molar refractivity (Wildman–Crippen MR) is 54.4 cm³/mol. The highest BCUT2D eigenvalue weighted by Gasteiger charge is 2.34. The third-order valence-corrected chi connectivity index (χ3v) is 2.85. The Morgan fingerprint density at radius 3 is 2.24 bits per heavy atom. The molecular weight excluding hydrogens is 259 g/mol. The molecule has 0 radical (unpaired) electrons. The third kappa shape index (κ3) is 3.63. The summed E-state index contributed by atoms with van der Waals surface area (Å²) in [5.41, 5.74) is 4.53. The minimum Gasteiger partial charge on any atom is -0.378 e. The lowest BCUT2D eigenvalue weighted by molar-refractivity contribution is -0.0601. The van der Waals surface area contributed by atoms with Gasteiger partial charge in [0, 0.05) is 0 Å². The van der Waals surface area contributed by atoms with Gasteiger partial charge < -0.3 is 5.73 Å². The summed E-state index contributed by atoms with van der Waals surface area (Å²) in [5.74, 6) is -1.77. The molecule has 0 saturated heterocycles. The van der Waals surface area contributed by atoms with Gasteiger partial charge in [-0.05, 0) is 12.1 Å². The van der Waals surface area contributed by atoms with Crippen molar-refractivity contribution in [2.75, 3.05) is 0 Å². The van der Waals surface area contributed by atoms with Gasteiger partial charge in [-0.3, -0.25) is 0 Å². The highest BCUT2D eigenvalue weighted by atomic mass is 32.2. The molecule has 0 heterocycles. The topological polar surface area (TPSA) is 84.5 Å². The number of sulfonamides is 1. The van der Waals surface area contributed by atoms with Crippen LogP contribution in [0, 0.1) is 0 Å². The Kier molecular flexibility index (Phi) is 3.61. The van der Waals surface area contributed by atoms with Crippen molar-refractivity contribution >= 4 is 15.9 Å². The molecule has 0 unspecified atom stereocenters. The number of hydrogen-bond acceptors (Lipinski definition) is 3. The van der Waals surface area contributed by atoms with Gasteiger partial charge in [-0.25, -0.2) is 0 Å². The van der Waals surface area contributed by atoms with E-state index in [2.05, 4.69) is 10.8 Å². The minimum absolute atomic E-state index is 0.210. The highest BCUT2D eigenvalue weighted by molar-refractivity contribution is 7.89.